The molecule has 0 aliphatic carbocycles. The lowest BCUT2D eigenvalue weighted by molar-refractivity contribution is 0.173. The van der Waals surface area contributed by atoms with Gasteiger partial charge in [0.05, 0.1) is 0 Å². The van der Waals surface area contributed by atoms with Crippen LogP contribution in [0.1, 0.15) is 32.6 Å². The topological polar surface area (TPSA) is 6.48 Å². The van der Waals surface area contributed by atoms with Crippen LogP contribution in [-0.2, 0) is 0 Å². The van der Waals surface area contributed by atoms with E-state index >= 15 is 0 Å². The van der Waals surface area contributed by atoms with E-state index in [1.807, 2.05) is 0 Å². The molecule has 2 unspecified atom stereocenters. The van der Waals surface area contributed by atoms with Gasteiger partial charge in [0.15, 0.2) is 0 Å². The summed E-state index contributed by atoms with van der Waals surface area (Å²) in [6.07, 6.45) is 5.73. The third-order valence-corrected chi connectivity index (χ3v) is 4.08. The minimum absolute atomic E-state index is 0.935. The van der Waals surface area contributed by atoms with Gasteiger partial charge in [-0.1, -0.05) is 6.92 Å². The summed E-state index contributed by atoms with van der Waals surface area (Å²) in [5.74, 6) is 1.91. The molecule has 0 amide bonds. The van der Waals surface area contributed by atoms with Crippen molar-refractivity contribution in [2.75, 3.05) is 39.8 Å². The van der Waals surface area contributed by atoms with Crippen molar-refractivity contribution in [1.82, 2.24) is 9.80 Å². The van der Waals surface area contributed by atoms with E-state index in [0.717, 1.165) is 11.8 Å². The average Bonchev–Trinajstić information content (AvgIpc) is 2.62. The van der Waals surface area contributed by atoms with E-state index in [4.69, 9.17) is 0 Å². The van der Waals surface area contributed by atoms with Crippen molar-refractivity contribution >= 4 is 0 Å². The Kier molecular flexibility index (Phi) is 4.04. The summed E-state index contributed by atoms with van der Waals surface area (Å²) in [5.41, 5.74) is 0. The SMILES string of the molecule is CC1CCCN(CCC2CCN(C)C2)C1. The molecular weight excluding hydrogens is 184 g/mol. The van der Waals surface area contributed by atoms with Crippen molar-refractivity contribution in [1.29, 1.82) is 0 Å². The van der Waals surface area contributed by atoms with E-state index in [0.29, 0.717) is 0 Å². The fourth-order valence-corrected chi connectivity index (χ4v) is 3.12. The molecule has 2 aliphatic heterocycles. The van der Waals surface area contributed by atoms with Crippen LogP contribution in [0.3, 0.4) is 0 Å². The van der Waals surface area contributed by atoms with Crippen molar-refractivity contribution in [2.45, 2.75) is 32.6 Å². The van der Waals surface area contributed by atoms with E-state index in [2.05, 4.69) is 23.8 Å². The molecule has 2 rings (SSSR count). The zero-order valence-corrected chi connectivity index (χ0v) is 10.4. The Morgan fingerprint density at radius 3 is 2.67 bits per heavy atom. The third kappa shape index (κ3) is 3.46. The average molecular weight is 210 g/mol. The van der Waals surface area contributed by atoms with E-state index < -0.39 is 0 Å². The van der Waals surface area contributed by atoms with Crippen LogP contribution in [0.4, 0.5) is 0 Å². The van der Waals surface area contributed by atoms with Crippen molar-refractivity contribution in [2.24, 2.45) is 11.8 Å². The Bertz CT molecular complexity index is 193. The van der Waals surface area contributed by atoms with Crippen LogP contribution in [0, 0.1) is 11.8 Å². The van der Waals surface area contributed by atoms with Gasteiger partial charge >= 0.3 is 0 Å². The van der Waals surface area contributed by atoms with Crippen LogP contribution in [0.15, 0.2) is 0 Å². The maximum Gasteiger partial charge on any atom is 0.000756 e. The van der Waals surface area contributed by atoms with Crippen molar-refractivity contribution in [3.63, 3.8) is 0 Å². The normalized spacial score (nSPS) is 34.8. The molecule has 0 bridgehead atoms. The molecule has 0 spiro atoms. The summed E-state index contributed by atoms with van der Waals surface area (Å²) in [5, 5.41) is 0. The molecule has 0 aromatic carbocycles. The summed E-state index contributed by atoms with van der Waals surface area (Å²) in [7, 11) is 2.25. The number of rotatable bonds is 3. The lowest BCUT2D eigenvalue weighted by atomic mass is 9.98. The lowest BCUT2D eigenvalue weighted by Gasteiger charge is -2.31. The van der Waals surface area contributed by atoms with E-state index in [1.165, 1.54) is 58.4 Å². The molecule has 0 saturated carbocycles. The van der Waals surface area contributed by atoms with Gasteiger partial charge in [0.2, 0.25) is 0 Å². The van der Waals surface area contributed by atoms with Crippen LogP contribution >= 0.6 is 0 Å². The zero-order chi connectivity index (χ0) is 10.7. The number of nitrogens with zero attached hydrogens (tertiary/aromatic N) is 2. The van der Waals surface area contributed by atoms with Gasteiger partial charge in [0.1, 0.15) is 0 Å². The maximum absolute atomic E-state index is 2.69. The van der Waals surface area contributed by atoms with Crippen molar-refractivity contribution in [3.8, 4) is 0 Å². The molecule has 15 heavy (non-hydrogen) atoms. The fraction of sp³-hybridized carbons (Fsp3) is 1.00. The Morgan fingerprint density at radius 2 is 2.00 bits per heavy atom. The van der Waals surface area contributed by atoms with Gasteiger partial charge in [-0.3, -0.25) is 0 Å². The number of piperidine rings is 1. The second-order valence-corrected chi connectivity index (χ2v) is 5.75. The quantitative estimate of drug-likeness (QED) is 0.703. The smallest absolute Gasteiger partial charge is 0.000756 e. The van der Waals surface area contributed by atoms with Gasteiger partial charge in [0, 0.05) is 13.1 Å². The van der Waals surface area contributed by atoms with Crippen LogP contribution in [0.5, 0.6) is 0 Å². The maximum atomic E-state index is 2.69. The second-order valence-electron chi connectivity index (χ2n) is 5.75. The van der Waals surface area contributed by atoms with Gasteiger partial charge in [-0.25, -0.2) is 0 Å². The van der Waals surface area contributed by atoms with Crippen molar-refractivity contribution in [3.05, 3.63) is 0 Å². The highest BCUT2D eigenvalue weighted by atomic mass is 15.1. The molecular formula is C13H26N2. The summed E-state index contributed by atoms with van der Waals surface area (Å²) < 4.78 is 0. The minimum atomic E-state index is 0.935. The monoisotopic (exact) mass is 210 g/mol. The van der Waals surface area contributed by atoms with E-state index in [-0.39, 0.29) is 0 Å². The summed E-state index contributed by atoms with van der Waals surface area (Å²) in [4.78, 5) is 5.16. The molecule has 2 atom stereocenters. The highest BCUT2D eigenvalue weighted by Gasteiger charge is 2.21. The molecule has 2 saturated heterocycles. The van der Waals surface area contributed by atoms with Gasteiger partial charge in [0.25, 0.3) is 0 Å². The van der Waals surface area contributed by atoms with Gasteiger partial charge in [-0.15, -0.1) is 0 Å². The Morgan fingerprint density at radius 1 is 1.13 bits per heavy atom. The molecule has 0 aromatic heterocycles. The molecule has 0 radical (unpaired) electrons. The van der Waals surface area contributed by atoms with Crippen LogP contribution < -0.4 is 0 Å². The summed E-state index contributed by atoms with van der Waals surface area (Å²) >= 11 is 0. The molecule has 2 fully saturated rings. The molecule has 0 N–H and O–H groups in total. The molecule has 2 nitrogen and oxygen atoms in total. The number of hydrogen-bond acceptors (Lipinski definition) is 2. The fourth-order valence-electron chi connectivity index (χ4n) is 3.12. The first-order valence-electron chi connectivity index (χ1n) is 6.65. The standard InChI is InChI=1S/C13H26N2/c1-12-4-3-7-15(10-12)9-6-13-5-8-14(2)11-13/h12-13H,3-11H2,1-2H3. The first-order valence-corrected chi connectivity index (χ1v) is 6.65. The molecule has 0 aromatic rings. The second kappa shape index (κ2) is 5.31. The predicted octanol–water partition coefficient (Wildman–Crippen LogP) is 2.06. The molecule has 88 valence electrons. The Balaban J connectivity index is 1.64. The lowest BCUT2D eigenvalue weighted by Crippen LogP contribution is -2.35. The predicted molar refractivity (Wildman–Crippen MR) is 65.1 cm³/mol. The van der Waals surface area contributed by atoms with E-state index in [9.17, 15) is 0 Å². The van der Waals surface area contributed by atoms with Crippen molar-refractivity contribution < 1.29 is 0 Å². The van der Waals surface area contributed by atoms with Gasteiger partial charge < -0.3 is 9.80 Å². The first-order chi connectivity index (χ1) is 7.24. The largest absolute Gasteiger partial charge is 0.306 e. The Labute approximate surface area is 94.6 Å². The van der Waals surface area contributed by atoms with Crippen LogP contribution in [0.2, 0.25) is 0 Å². The highest BCUT2D eigenvalue weighted by molar-refractivity contribution is 4.76. The molecule has 2 heteroatoms. The first kappa shape index (κ1) is 11.4. The van der Waals surface area contributed by atoms with E-state index in [1.54, 1.807) is 0 Å². The summed E-state index contributed by atoms with van der Waals surface area (Å²) in [6.45, 7) is 9.11. The molecule has 2 aliphatic rings. The number of hydrogen-bond donors (Lipinski definition) is 0. The van der Waals surface area contributed by atoms with Gasteiger partial charge in [-0.05, 0) is 64.2 Å². The summed E-state index contributed by atoms with van der Waals surface area (Å²) in [6, 6.07) is 0. The van der Waals surface area contributed by atoms with Crippen LogP contribution in [0.25, 0.3) is 0 Å². The zero-order valence-electron chi connectivity index (χ0n) is 10.4. The molecule has 2 heterocycles. The van der Waals surface area contributed by atoms with Gasteiger partial charge in [-0.2, -0.15) is 0 Å². The Hall–Kier alpha value is -0.0800. The number of likely N-dealkylation sites (tertiary alicyclic amines) is 2. The highest BCUT2D eigenvalue weighted by Crippen LogP contribution is 2.20. The third-order valence-electron chi connectivity index (χ3n) is 4.08. The minimum Gasteiger partial charge on any atom is -0.306 e. The van der Waals surface area contributed by atoms with Crippen LogP contribution in [-0.4, -0.2) is 49.6 Å².